The fraction of sp³-hybridized carbons (Fsp3) is 0.176. The number of para-hydroxylation sites is 1. The van der Waals surface area contributed by atoms with Crippen LogP contribution < -0.4 is 11.0 Å². The molecule has 0 aliphatic rings. The van der Waals surface area contributed by atoms with Gasteiger partial charge in [0, 0.05) is 5.02 Å². The van der Waals surface area contributed by atoms with Gasteiger partial charge < -0.3 is 5.32 Å². The fourth-order valence-corrected chi connectivity index (χ4v) is 2.73. The number of hydrogen-bond donors (Lipinski definition) is 1. The first-order chi connectivity index (χ1) is 12.1. The van der Waals surface area contributed by atoms with Crippen molar-refractivity contribution in [2.24, 2.45) is 0 Å². The highest BCUT2D eigenvalue weighted by Crippen LogP contribution is 2.21. The Kier molecular flexibility index (Phi) is 4.95. The number of carbonyl (C=O) groups is 1. The summed E-state index contributed by atoms with van der Waals surface area (Å²) in [5.74, 6) is -0.352. The third kappa shape index (κ3) is 3.77. The van der Waals surface area contributed by atoms with Crippen LogP contribution in [0.5, 0.6) is 0 Å². The zero-order valence-corrected chi connectivity index (χ0v) is 14.2. The van der Waals surface area contributed by atoms with E-state index in [2.05, 4.69) is 15.7 Å². The van der Waals surface area contributed by atoms with Crippen molar-refractivity contribution in [1.82, 2.24) is 25.1 Å². The molecule has 0 fully saturated rings. The zero-order valence-electron chi connectivity index (χ0n) is 13.5. The number of nitrogens with one attached hydrogen (secondary N) is 1. The molecule has 25 heavy (non-hydrogen) atoms. The Morgan fingerprint density at radius 2 is 1.80 bits per heavy atom. The van der Waals surface area contributed by atoms with Crippen LogP contribution in [-0.4, -0.2) is 25.7 Å². The van der Waals surface area contributed by atoms with Gasteiger partial charge in [-0.25, -0.2) is 4.79 Å². The highest BCUT2D eigenvalue weighted by molar-refractivity contribution is 6.31. The molecule has 8 heteroatoms. The van der Waals surface area contributed by atoms with Crippen molar-refractivity contribution in [3.05, 3.63) is 75.7 Å². The van der Waals surface area contributed by atoms with E-state index in [1.54, 1.807) is 30.3 Å². The molecule has 7 nitrogen and oxygen atoms in total. The molecule has 1 N–H and O–H groups in total. The van der Waals surface area contributed by atoms with E-state index in [0.29, 0.717) is 10.7 Å². The van der Waals surface area contributed by atoms with E-state index >= 15 is 0 Å². The molecule has 1 amide bonds. The van der Waals surface area contributed by atoms with Gasteiger partial charge in [0.05, 0.1) is 11.7 Å². The zero-order chi connectivity index (χ0) is 17.8. The molecule has 0 saturated carbocycles. The molecule has 0 bridgehead atoms. The van der Waals surface area contributed by atoms with Crippen LogP contribution in [0.25, 0.3) is 5.69 Å². The minimum Gasteiger partial charge on any atom is -0.348 e. The van der Waals surface area contributed by atoms with Crippen molar-refractivity contribution in [3.63, 3.8) is 0 Å². The summed E-state index contributed by atoms with van der Waals surface area (Å²) in [4.78, 5) is 24.5. The lowest BCUT2D eigenvalue weighted by molar-refractivity contribution is -0.122. The Labute approximate surface area is 148 Å². The first-order valence-electron chi connectivity index (χ1n) is 7.68. The molecule has 1 aromatic heterocycles. The van der Waals surface area contributed by atoms with E-state index in [9.17, 15) is 9.59 Å². The second-order valence-corrected chi connectivity index (χ2v) is 5.88. The van der Waals surface area contributed by atoms with E-state index < -0.39 is 5.69 Å². The van der Waals surface area contributed by atoms with E-state index in [0.717, 1.165) is 14.9 Å². The second kappa shape index (κ2) is 7.31. The van der Waals surface area contributed by atoms with Gasteiger partial charge in [0.1, 0.15) is 6.54 Å². The first kappa shape index (κ1) is 16.9. The lowest BCUT2D eigenvalue weighted by atomic mass is 10.1. The summed E-state index contributed by atoms with van der Waals surface area (Å²) in [6.45, 7) is 1.60. The standard InChI is InChI=1S/C17H16ClN5O2/c1-12(14-9-5-6-10-15(14)18)19-16(24)11-22-17(25)23(21-20-22)13-7-3-2-4-8-13/h2-10,12H,11H2,1H3,(H,19,24)/t12-/m1/s1. The van der Waals surface area contributed by atoms with E-state index in [1.807, 2.05) is 31.2 Å². The molecule has 2 aromatic carbocycles. The molecule has 1 atom stereocenters. The van der Waals surface area contributed by atoms with Gasteiger partial charge in [-0.15, -0.1) is 0 Å². The molecule has 0 aliphatic carbocycles. The van der Waals surface area contributed by atoms with Gasteiger partial charge in [0.25, 0.3) is 0 Å². The van der Waals surface area contributed by atoms with Crippen LogP contribution in [0.1, 0.15) is 18.5 Å². The summed E-state index contributed by atoms with van der Waals surface area (Å²) in [7, 11) is 0. The van der Waals surface area contributed by atoms with Crippen LogP contribution in [0.2, 0.25) is 5.02 Å². The van der Waals surface area contributed by atoms with E-state index in [1.165, 1.54) is 0 Å². The molecule has 0 aliphatic heterocycles. The van der Waals surface area contributed by atoms with Crippen molar-refractivity contribution >= 4 is 17.5 Å². The Hall–Kier alpha value is -2.93. The topological polar surface area (TPSA) is 81.8 Å². The average molecular weight is 358 g/mol. The predicted molar refractivity (Wildman–Crippen MR) is 93.6 cm³/mol. The predicted octanol–water partition coefficient (Wildman–Crippen LogP) is 1.96. The Bertz CT molecular complexity index is 935. The molecular weight excluding hydrogens is 342 g/mol. The minimum atomic E-state index is -0.480. The molecule has 0 spiro atoms. The van der Waals surface area contributed by atoms with Crippen LogP contribution in [0.15, 0.2) is 59.4 Å². The maximum atomic E-state index is 12.3. The van der Waals surface area contributed by atoms with Crippen molar-refractivity contribution in [1.29, 1.82) is 0 Å². The number of halogens is 1. The number of carbonyl (C=O) groups excluding carboxylic acids is 1. The van der Waals surface area contributed by atoms with Crippen molar-refractivity contribution in [2.75, 3.05) is 0 Å². The van der Waals surface area contributed by atoms with E-state index in [-0.39, 0.29) is 18.5 Å². The van der Waals surface area contributed by atoms with Crippen LogP contribution >= 0.6 is 11.6 Å². The van der Waals surface area contributed by atoms with Gasteiger partial charge in [0.2, 0.25) is 5.91 Å². The third-order valence-electron chi connectivity index (χ3n) is 3.68. The highest BCUT2D eigenvalue weighted by Gasteiger charge is 2.15. The first-order valence-corrected chi connectivity index (χ1v) is 8.06. The number of aromatic nitrogens is 4. The summed E-state index contributed by atoms with van der Waals surface area (Å²) < 4.78 is 2.16. The highest BCUT2D eigenvalue weighted by atomic mass is 35.5. The SMILES string of the molecule is C[C@@H](NC(=O)Cn1nnn(-c2ccccc2)c1=O)c1ccccc1Cl. The average Bonchev–Trinajstić information content (AvgIpc) is 2.96. The molecule has 1 heterocycles. The van der Waals surface area contributed by atoms with Crippen molar-refractivity contribution < 1.29 is 4.79 Å². The third-order valence-corrected chi connectivity index (χ3v) is 4.03. The smallest absolute Gasteiger partial charge is 0.348 e. The van der Waals surface area contributed by atoms with Crippen LogP contribution in [0, 0.1) is 0 Å². The number of benzene rings is 2. The van der Waals surface area contributed by atoms with Crippen LogP contribution in [0.3, 0.4) is 0 Å². The van der Waals surface area contributed by atoms with Gasteiger partial charge in [0.15, 0.2) is 0 Å². The number of rotatable bonds is 5. The number of tetrazole rings is 1. The fourth-order valence-electron chi connectivity index (χ4n) is 2.43. The lowest BCUT2D eigenvalue weighted by Crippen LogP contribution is -2.34. The monoisotopic (exact) mass is 357 g/mol. The van der Waals surface area contributed by atoms with Crippen LogP contribution in [0.4, 0.5) is 0 Å². The maximum absolute atomic E-state index is 12.3. The van der Waals surface area contributed by atoms with Crippen molar-refractivity contribution in [3.8, 4) is 5.69 Å². The molecule has 0 radical (unpaired) electrons. The largest absolute Gasteiger partial charge is 0.368 e. The van der Waals surface area contributed by atoms with Gasteiger partial charge in [-0.3, -0.25) is 4.79 Å². The normalized spacial score (nSPS) is 11.9. The Balaban J connectivity index is 1.71. The number of amides is 1. The molecule has 3 aromatic rings. The maximum Gasteiger partial charge on any atom is 0.368 e. The van der Waals surface area contributed by atoms with Crippen molar-refractivity contribution in [2.45, 2.75) is 19.5 Å². The summed E-state index contributed by atoms with van der Waals surface area (Å²) in [6, 6.07) is 15.9. The van der Waals surface area contributed by atoms with E-state index in [4.69, 9.17) is 11.6 Å². The summed E-state index contributed by atoms with van der Waals surface area (Å²) in [5, 5.41) is 10.9. The minimum absolute atomic E-state index is 0.222. The lowest BCUT2D eigenvalue weighted by Gasteiger charge is -2.15. The Morgan fingerprint density at radius 3 is 2.52 bits per heavy atom. The molecular formula is C17H16ClN5O2. The summed E-state index contributed by atoms with van der Waals surface area (Å²) in [5.41, 5.74) is 0.910. The molecule has 0 saturated heterocycles. The second-order valence-electron chi connectivity index (χ2n) is 5.48. The van der Waals surface area contributed by atoms with Gasteiger partial charge in [-0.1, -0.05) is 48.0 Å². The summed E-state index contributed by atoms with van der Waals surface area (Å²) in [6.07, 6.45) is 0. The number of nitrogens with zero attached hydrogens (tertiary/aromatic N) is 4. The van der Waals surface area contributed by atoms with Gasteiger partial charge in [-0.05, 0) is 41.1 Å². The molecule has 3 rings (SSSR count). The van der Waals surface area contributed by atoms with Gasteiger partial charge in [-0.2, -0.15) is 9.36 Å². The molecule has 0 unspecified atom stereocenters. The van der Waals surface area contributed by atoms with Gasteiger partial charge >= 0.3 is 5.69 Å². The van der Waals surface area contributed by atoms with Crippen LogP contribution in [-0.2, 0) is 11.3 Å². The number of hydrogen-bond acceptors (Lipinski definition) is 4. The summed E-state index contributed by atoms with van der Waals surface area (Å²) >= 11 is 6.13. The quantitative estimate of drug-likeness (QED) is 0.756. The molecule has 128 valence electrons. The Morgan fingerprint density at radius 1 is 1.12 bits per heavy atom.